The smallest absolute Gasteiger partial charge is 0.338 e. The molecule has 3 aromatic carbocycles. The molecule has 0 radical (unpaired) electrons. The lowest BCUT2D eigenvalue weighted by Crippen LogP contribution is -2.54. The summed E-state index contributed by atoms with van der Waals surface area (Å²) in [4.78, 5) is 50.8. The number of halogens is 2. The number of hydrogen-bond donors (Lipinski definition) is 1. The number of urea groups is 1. The van der Waals surface area contributed by atoms with E-state index < -0.39 is 23.8 Å². The van der Waals surface area contributed by atoms with Crippen LogP contribution in [0.3, 0.4) is 0 Å². The van der Waals surface area contributed by atoms with Crippen molar-refractivity contribution in [2.75, 3.05) is 11.5 Å². The molecule has 3 aromatic rings. The predicted molar refractivity (Wildman–Crippen MR) is 140 cm³/mol. The van der Waals surface area contributed by atoms with Crippen LogP contribution in [0.2, 0.25) is 5.02 Å². The van der Waals surface area contributed by atoms with E-state index in [9.17, 15) is 19.2 Å². The Morgan fingerprint density at radius 2 is 1.75 bits per heavy atom. The second kappa shape index (κ2) is 10.9. The van der Waals surface area contributed by atoms with Crippen LogP contribution in [-0.2, 0) is 20.7 Å². The van der Waals surface area contributed by atoms with Crippen LogP contribution in [0.1, 0.15) is 34.0 Å². The topological polar surface area (TPSA) is 92.8 Å². The zero-order valence-electron chi connectivity index (χ0n) is 19.1. The lowest BCUT2D eigenvalue weighted by molar-refractivity contribution is -0.122. The third-order valence-corrected chi connectivity index (χ3v) is 6.59. The summed E-state index contributed by atoms with van der Waals surface area (Å²) >= 11 is 10.0. The number of barbiturate groups is 1. The van der Waals surface area contributed by atoms with Crippen molar-refractivity contribution in [3.8, 4) is 0 Å². The highest BCUT2D eigenvalue weighted by Crippen LogP contribution is 2.27. The van der Waals surface area contributed by atoms with Gasteiger partial charge in [-0.15, -0.1) is 0 Å². The van der Waals surface area contributed by atoms with Crippen molar-refractivity contribution in [3.05, 3.63) is 104 Å². The van der Waals surface area contributed by atoms with E-state index >= 15 is 0 Å². The van der Waals surface area contributed by atoms with E-state index in [2.05, 4.69) is 21.2 Å². The average molecular weight is 568 g/mol. The van der Waals surface area contributed by atoms with Crippen LogP contribution in [-0.4, -0.2) is 30.4 Å². The summed E-state index contributed by atoms with van der Waals surface area (Å²) in [6.07, 6.45) is 1.98. The zero-order valence-corrected chi connectivity index (χ0v) is 21.4. The van der Waals surface area contributed by atoms with Crippen molar-refractivity contribution < 1.29 is 23.9 Å². The molecule has 1 N–H and O–H groups in total. The number of anilines is 1. The third kappa shape index (κ3) is 5.40. The number of ether oxygens (including phenoxy) is 1. The standard InChI is InChI=1S/C27H20BrClN2O5/c1-2-36-26(34)17-9-11-20(12-10-17)31-25(33)21(24(32)30-27(31)35)13-16-7-8-19(23(29)14-16)15-18-5-3-4-6-22(18)28/h3-14H,2,15H2,1H3,(H,30,32,35)/b21-13+. The Labute approximate surface area is 220 Å². The van der Waals surface area contributed by atoms with Crippen LogP contribution >= 0.6 is 27.5 Å². The lowest BCUT2D eigenvalue weighted by Gasteiger charge is -2.26. The average Bonchev–Trinajstić information content (AvgIpc) is 2.85. The number of nitrogens with one attached hydrogen (secondary N) is 1. The molecular formula is C27H20BrClN2O5. The number of imide groups is 2. The fourth-order valence-electron chi connectivity index (χ4n) is 3.66. The van der Waals surface area contributed by atoms with Gasteiger partial charge in [0.05, 0.1) is 17.9 Å². The second-order valence-electron chi connectivity index (χ2n) is 7.84. The van der Waals surface area contributed by atoms with Crippen molar-refractivity contribution in [2.45, 2.75) is 13.3 Å². The van der Waals surface area contributed by atoms with Crippen LogP contribution in [0.25, 0.3) is 6.08 Å². The van der Waals surface area contributed by atoms with Gasteiger partial charge >= 0.3 is 12.0 Å². The van der Waals surface area contributed by atoms with Crippen molar-refractivity contribution >= 4 is 63.1 Å². The maximum atomic E-state index is 13.1. The van der Waals surface area contributed by atoms with Gasteiger partial charge in [-0.05, 0) is 66.1 Å². The van der Waals surface area contributed by atoms with Gasteiger partial charge < -0.3 is 4.74 Å². The number of rotatable bonds is 6. The molecule has 1 saturated heterocycles. The Hall–Kier alpha value is -3.75. The van der Waals surface area contributed by atoms with E-state index in [0.29, 0.717) is 17.0 Å². The molecule has 0 spiro atoms. The van der Waals surface area contributed by atoms with Gasteiger partial charge in [0.25, 0.3) is 11.8 Å². The maximum absolute atomic E-state index is 13.1. The normalized spacial score (nSPS) is 14.7. The molecule has 0 aromatic heterocycles. The first-order valence-electron chi connectivity index (χ1n) is 11.0. The van der Waals surface area contributed by atoms with Gasteiger partial charge in [0, 0.05) is 15.9 Å². The number of benzene rings is 3. The van der Waals surface area contributed by atoms with Crippen LogP contribution in [0.15, 0.2) is 76.8 Å². The molecule has 182 valence electrons. The first-order chi connectivity index (χ1) is 17.3. The summed E-state index contributed by atoms with van der Waals surface area (Å²) in [7, 11) is 0. The van der Waals surface area contributed by atoms with Crippen LogP contribution in [0, 0.1) is 0 Å². The van der Waals surface area contributed by atoms with Gasteiger partial charge in [0.15, 0.2) is 0 Å². The van der Waals surface area contributed by atoms with Gasteiger partial charge in [-0.1, -0.05) is 57.9 Å². The minimum Gasteiger partial charge on any atom is -0.462 e. The molecule has 1 aliphatic rings. The first kappa shape index (κ1) is 25.3. The molecule has 0 bridgehead atoms. The van der Waals surface area contributed by atoms with Crippen LogP contribution in [0.5, 0.6) is 0 Å². The highest BCUT2D eigenvalue weighted by molar-refractivity contribution is 9.10. The van der Waals surface area contributed by atoms with E-state index in [1.54, 1.807) is 19.1 Å². The van der Waals surface area contributed by atoms with E-state index in [0.717, 1.165) is 20.5 Å². The quantitative estimate of drug-likeness (QED) is 0.240. The van der Waals surface area contributed by atoms with Crippen LogP contribution in [0.4, 0.5) is 10.5 Å². The molecule has 0 unspecified atom stereocenters. The van der Waals surface area contributed by atoms with Gasteiger partial charge in [-0.2, -0.15) is 0 Å². The number of hydrogen-bond acceptors (Lipinski definition) is 5. The molecule has 0 atom stereocenters. The largest absolute Gasteiger partial charge is 0.462 e. The van der Waals surface area contributed by atoms with Crippen molar-refractivity contribution in [2.24, 2.45) is 0 Å². The molecule has 1 aliphatic heterocycles. The van der Waals surface area contributed by atoms with Gasteiger partial charge in [-0.3, -0.25) is 14.9 Å². The highest BCUT2D eigenvalue weighted by atomic mass is 79.9. The molecular weight excluding hydrogens is 548 g/mol. The molecule has 0 aliphatic carbocycles. The summed E-state index contributed by atoms with van der Waals surface area (Å²) in [6, 6.07) is 17.9. The molecule has 7 nitrogen and oxygen atoms in total. The fourth-order valence-corrected chi connectivity index (χ4v) is 4.34. The number of nitrogens with zero attached hydrogens (tertiary/aromatic N) is 1. The highest BCUT2D eigenvalue weighted by Gasteiger charge is 2.36. The summed E-state index contributed by atoms with van der Waals surface area (Å²) in [6.45, 7) is 1.91. The SMILES string of the molecule is CCOC(=O)c1ccc(N2C(=O)NC(=O)/C(=C\c3ccc(Cc4ccccc4Br)c(Cl)c3)C2=O)cc1. The number of carbonyl (C=O) groups excluding carboxylic acids is 4. The summed E-state index contributed by atoms with van der Waals surface area (Å²) in [5.74, 6) is -2.12. The first-order valence-corrected chi connectivity index (χ1v) is 12.2. The molecule has 9 heteroatoms. The molecule has 36 heavy (non-hydrogen) atoms. The number of amides is 4. The Bertz CT molecular complexity index is 1400. The van der Waals surface area contributed by atoms with Gasteiger partial charge in [0.2, 0.25) is 0 Å². The lowest BCUT2D eigenvalue weighted by atomic mass is 10.0. The van der Waals surface area contributed by atoms with E-state index in [-0.39, 0.29) is 23.4 Å². The van der Waals surface area contributed by atoms with Gasteiger partial charge in [0.1, 0.15) is 5.57 Å². The van der Waals surface area contributed by atoms with Crippen molar-refractivity contribution in [3.63, 3.8) is 0 Å². The predicted octanol–water partition coefficient (Wildman–Crippen LogP) is 5.54. The fraction of sp³-hybridized carbons (Fsp3) is 0.111. The number of carbonyl (C=O) groups is 4. The Balaban J connectivity index is 1.59. The molecule has 1 fully saturated rings. The van der Waals surface area contributed by atoms with Crippen LogP contribution < -0.4 is 10.2 Å². The van der Waals surface area contributed by atoms with Crippen molar-refractivity contribution in [1.82, 2.24) is 5.32 Å². The molecule has 4 amide bonds. The van der Waals surface area contributed by atoms with Gasteiger partial charge in [-0.25, -0.2) is 14.5 Å². The Morgan fingerprint density at radius 1 is 1.03 bits per heavy atom. The summed E-state index contributed by atoms with van der Waals surface area (Å²) in [5.41, 5.74) is 2.72. The molecule has 0 saturated carbocycles. The van der Waals surface area contributed by atoms with E-state index in [4.69, 9.17) is 16.3 Å². The zero-order chi connectivity index (χ0) is 25.8. The third-order valence-electron chi connectivity index (χ3n) is 5.47. The number of esters is 1. The minimum atomic E-state index is -0.882. The maximum Gasteiger partial charge on any atom is 0.338 e. The Morgan fingerprint density at radius 3 is 2.42 bits per heavy atom. The monoisotopic (exact) mass is 566 g/mol. The minimum absolute atomic E-state index is 0.200. The molecule has 4 rings (SSSR count). The summed E-state index contributed by atoms with van der Waals surface area (Å²) < 4.78 is 5.91. The Kier molecular flexibility index (Phi) is 7.67. The summed E-state index contributed by atoms with van der Waals surface area (Å²) in [5, 5.41) is 2.66. The van der Waals surface area contributed by atoms with E-state index in [1.807, 2.05) is 30.3 Å². The molecule has 1 heterocycles. The van der Waals surface area contributed by atoms with E-state index in [1.165, 1.54) is 30.3 Å². The van der Waals surface area contributed by atoms with Crippen molar-refractivity contribution in [1.29, 1.82) is 0 Å². The second-order valence-corrected chi connectivity index (χ2v) is 9.11.